The van der Waals surface area contributed by atoms with Crippen LogP contribution in [0.15, 0.2) is 267 Å². The number of aromatic nitrogens is 2. The van der Waals surface area contributed by atoms with Crippen LogP contribution >= 0.6 is 0 Å². The molecule has 13 rings (SSSR count). The van der Waals surface area contributed by atoms with Crippen LogP contribution in [0.3, 0.4) is 0 Å². The first-order chi connectivity index (χ1) is 33.7. The lowest BCUT2D eigenvalue weighted by Gasteiger charge is -2.11. The van der Waals surface area contributed by atoms with E-state index >= 15 is 0 Å². The second-order valence-electron chi connectivity index (χ2n) is 17.7. The van der Waals surface area contributed by atoms with Crippen LogP contribution in [0.4, 0.5) is 0 Å². The maximum atomic E-state index is 2.41. The highest BCUT2D eigenvalue weighted by Crippen LogP contribution is 2.39. The molecule has 2 nitrogen and oxygen atoms in total. The Bertz CT molecular complexity index is 3990. The lowest BCUT2D eigenvalue weighted by molar-refractivity contribution is 1.18. The number of hydrogen-bond donors (Lipinski definition) is 0. The smallest absolute Gasteiger partial charge is 0.0541 e. The Balaban J connectivity index is 0.785. The molecule has 0 unspecified atom stereocenters. The van der Waals surface area contributed by atoms with E-state index in [-0.39, 0.29) is 0 Å². The highest BCUT2D eigenvalue weighted by atomic mass is 15.0. The highest BCUT2D eigenvalue weighted by molar-refractivity contribution is 6.12. The fraction of sp³-hybridized carbons (Fsp3) is 0. The Hall–Kier alpha value is -8.98. The summed E-state index contributed by atoms with van der Waals surface area (Å²) in [5.41, 5.74) is 21.6. The van der Waals surface area contributed by atoms with Crippen molar-refractivity contribution < 1.29 is 0 Å². The zero-order chi connectivity index (χ0) is 45.0. The normalized spacial score (nSPS) is 11.5. The molecule has 2 heterocycles. The lowest BCUT2D eigenvalue weighted by atomic mass is 9.95. The first kappa shape index (κ1) is 39.4. The van der Waals surface area contributed by atoms with Gasteiger partial charge in [-0.1, -0.05) is 188 Å². The average molecular weight is 865 g/mol. The molecule has 0 amide bonds. The van der Waals surface area contributed by atoms with Gasteiger partial charge in [-0.05, 0) is 146 Å². The van der Waals surface area contributed by atoms with Crippen LogP contribution in [0.5, 0.6) is 0 Å². The first-order valence-corrected chi connectivity index (χ1v) is 23.4. The van der Waals surface area contributed by atoms with Crippen LogP contribution in [-0.2, 0) is 0 Å². The number of fused-ring (bicyclic) bond motifs is 6. The minimum absolute atomic E-state index is 1.14. The predicted octanol–water partition coefficient (Wildman–Crippen LogP) is 17.9. The molecule has 0 fully saturated rings. The molecule has 13 aromatic rings. The van der Waals surface area contributed by atoms with Gasteiger partial charge in [-0.3, -0.25) is 0 Å². The first-order valence-electron chi connectivity index (χ1n) is 23.4. The maximum Gasteiger partial charge on any atom is 0.0541 e. The van der Waals surface area contributed by atoms with E-state index < -0.39 is 0 Å². The molecule has 2 aromatic heterocycles. The van der Waals surface area contributed by atoms with Crippen molar-refractivity contribution in [3.05, 3.63) is 267 Å². The summed E-state index contributed by atoms with van der Waals surface area (Å²) in [6.07, 6.45) is 0. The summed E-state index contributed by atoms with van der Waals surface area (Å²) in [7, 11) is 0. The van der Waals surface area contributed by atoms with E-state index in [1.165, 1.54) is 116 Å². The quantitative estimate of drug-likeness (QED) is 0.144. The maximum absolute atomic E-state index is 2.41. The van der Waals surface area contributed by atoms with Gasteiger partial charge in [0.1, 0.15) is 0 Å². The van der Waals surface area contributed by atoms with E-state index in [1.54, 1.807) is 0 Å². The van der Waals surface area contributed by atoms with Crippen molar-refractivity contribution in [3.63, 3.8) is 0 Å². The van der Waals surface area contributed by atoms with Gasteiger partial charge in [-0.2, -0.15) is 0 Å². The Morgan fingerprint density at radius 1 is 0.162 bits per heavy atom. The SMILES string of the molecule is c1ccc(-c2cccc(-c3cccc(-c4ccc(-c5cccc(-c6ccc(-n7c8ccccc8c8cc(-c9ccc%10c(c9)c9ccccc9n%10-c9ccccc9)ccc87)cc6)c5)cc4)c3)c2)cc1. The third kappa shape index (κ3) is 6.90. The van der Waals surface area contributed by atoms with Crippen molar-refractivity contribution in [3.8, 4) is 78.1 Å². The summed E-state index contributed by atoms with van der Waals surface area (Å²) in [6, 6.07) is 97.3. The Kier molecular flexibility index (Phi) is 9.54. The third-order valence-electron chi connectivity index (χ3n) is 13.7. The predicted molar refractivity (Wildman–Crippen MR) is 288 cm³/mol. The minimum Gasteiger partial charge on any atom is -0.309 e. The van der Waals surface area contributed by atoms with Gasteiger partial charge < -0.3 is 9.13 Å². The van der Waals surface area contributed by atoms with Crippen molar-refractivity contribution in [2.24, 2.45) is 0 Å². The summed E-state index contributed by atoms with van der Waals surface area (Å²) < 4.78 is 4.78. The molecular formula is C66H44N2. The second-order valence-corrected chi connectivity index (χ2v) is 17.7. The van der Waals surface area contributed by atoms with Crippen LogP contribution in [0.1, 0.15) is 0 Å². The van der Waals surface area contributed by atoms with Crippen molar-refractivity contribution in [2.45, 2.75) is 0 Å². The summed E-state index contributed by atoms with van der Waals surface area (Å²) in [5, 5.41) is 5.01. The van der Waals surface area contributed by atoms with E-state index in [0.29, 0.717) is 0 Å². The largest absolute Gasteiger partial charge is 0.309 e. The summed E-state index contributed by atoms with van der Waals surface area (Å²) in [4.78, 5) is 0. The molecule has 11 aromatic carbocycles. The molecule has 0 atom stereocenters. The van der Waals surface area contributed by atoms with Crippen molar-refractivity contribution in [1.82, 2.24) is 9.13 Å². The van der Waals surface area contributed by atoms with Gasteiger partial charge >= 0.3 is 0 Å². The molecule has 0 aliphatic rings. The standard InChI is InChI=1S/C66H44N2/c1-3-14-45(15-4-1)49-16-12-20-53(41-49)54-21-13-19-52(42-54)47-30-28-46(29-31-47)50-17-11-18-51(40-50)48-32-36-58(37-33-48)68-64-27-10-8-25-60(64)62-44-56(35-39-66(62)68)55-34-38-65-61(43-55)59-24-7-9-26-63(59)67(65)57-22-5-2-6-23-57/h1-44H. The van der Waals surface area contributed by atoms with Crippen LogP contribution in [0.2, 0.25) is 0 Å². The number of benzene rings is 11. The number of rotatable bonds is 8. The van der Waals surface area contributed by atoms with E-state index in [9.17, 15) is 0 Å². The van der Waals surface area contributed by atoms with E-state index in [2.05, 4.69) is 276 Å². The molecule has 0 saturated heterocycles. The molecule has 0 aliphatic heterocycles. The van der Waals surface area contributed by atoms with Gasteiger partial charge in [-0.25, -0.2) is 0 Å². The minimum atomic E-state index is 1.14. The molecule has 0 bridgehead atoms. The fourth-order valence-corrected chi connectivity index (χ4v) is 10.4. The van der Waals surface area contributed by atoms with Gasteiger partial charge in [0.25, 0.3) is 0 Å². The molecule has 0 spiro atoms. The molecule has 68 heavy (non-hydrogen) atoms. The van der Waals surface area contributed by atoms with Crippen LogP contribution < -0.4 is 0 Å². The molecule has 2 heteroatoms. The van der Waals surface area contributed by atoms with Crippen molar-refractivity contribution in [2.75, 3.05) is 0 Å². The molecule has 0 N–H and O–H groups in total. The van der Waals surface area contributed by atoms with Crippen LogP contribution in [0, 0.1) is 0 Å². The molecular weight excluding hydrogens is 821 g/mol. The van der Waals surface area contributed by atoms with Gasteiger partial charge in [0.15, 0.2) is 0 Å². The van der Waals surface area contributed by atoms with E-state index in [1.807, 2.05) is 0 Å². The van der Waals surface area contributed by atoms with Gasteiger partial charge in [-0.15, -0.1) is 0 Å². The van der Waals surface area contributed by atoms with E-state index in [4.69, 9.17) is 0 Å². The topological polar surface area (TPSA) is 9.86 Å². The van der Waals surface area contributed by atoms with Gasteiger partial charge in [0, 0.05) is 32.9 Å². The monoisotopic (exact) mass is 864 g/mol. The number of hydrogen-bond acceptors (Lipinski definition) is 0. The molecule has 0 saturated carbocycles. The second kappa shape index (κ2) is 16.5. The zero-order valence-electron chi connectivity index (χ0n) is 37.3. The summed E-state index contributed by atoms with van der Waals surface area (Å²) in [5.74, 6) is 0. The van der Waals surface area contributed by atoms with Crippen molar-refractivity contribution in [1.29, 1.82) is 0 Å². The molecule has 0 radical (unpaired) electrons. The Labute approximate surface area is 395 Å². The van der Waals surface area contributed by atoms with Crippen LogP contribution in [0.25, 0.3) is 122 Å². The third-order valence-corrected chi connectivity index (χ3v) is 13.7. The fourth-order valence-electron chi connectivity index (χ4n) is 10.4. The summed E-state index contributed by atoms with van der Waals surface area (Å²) in [6.45, 7) is 0. The number of para-hydroxylation sites is 3. The number of nitrogens with zero attached hydrogens (tertiary/aromatic N) is 2. The molecule has 0 aliphatic carbocycles. The van der Waals surface area contributed by atoms with Gasteiger partial charge in [0.05, 0.1) is 22.1 Å². The Morgan fingerprint density at radius 2 is 0.441 bits per heavy atom. The average Bonchev–Trinajstić information content (AvgIpc) is 3.94. The lowest BCUT2D eigenvalue weighted by Crippen LogP contribution is -1.94. The highest BCUT2D eigenvalue weighted by Gasteiger charge is 2.17. The Morgan fingerprint density at radius 3 is 0.882 bits per heavy atom. The van der Waals surface area contributed by atoms with Gasteiger partial charge in [0.2, 0.25) is 0 Å². The van der Waals surface area contributed by atoms with Crippen LogP contribution in [-0.4, -0.2) is 9.13 Å². The summed E-state index contributed by atoms with van der Waals surface area (Å²) >= 11 is 0. The molecule has 318 valence electrons. The van der Waals surface area contributed by atoms with Crippen molar-refractivity contribution >= 4 is 43.6 Å². The zero-order valence-corrected chi connectivity index (χ0v) is 37.3. The van der Waals surface area contributed by atoms with E-state index in [0.717, 1.165) is 5.69 Å².